The van der Waals surface area contributed by atoms with Gasteiger partial charge in [-0.2, -0.15) is 0 Å². The van der Waals surface area contributed by atoms with Gasteiger partial charge in [-0.15, -0.1) is 0 Å². The molecule has 0 spiro atoms. The lowest BCUT2D eigenvalue weighted by Crippen LogP contribution is -2.69. The standard InChI is InChI=1S/C10H18N2O3S/c1-10(2)9(13)12(16(10,14)15)8-4-3-6-11-7-5-8/h8,11H,3-7H2,1-2H3. The van der Waals surface area contributed by atoms with E-state index in [0.29, 0.717) is 0 Å². The van der Waals surface area contributed by atoms with Crippen molar-refractivity contribution in [2.75, 3.05) is 13.1 Å². The molecule has 92 valence electrons. The van der Waals surface area contributed by atoms with Gasteiger partial charge in [0.2, 0.25) is 0 Å². The van der Waals surface area contributed by atoms with Crippen molar-refractivity contribution in [3.05, 3.63) is 0 Å². The summed E-state index contributed by atoms with van der Waals surface area (Å²) in [6.07, 6.45) is 2.42. The van der Waals surface area contributed by atoms with Crippen molar-refractivity contribution < 1.29 is 13.2 Å². The van der Waals surface area contributed by atoms with E-state index in [9.17, 15) is 13.2 Å². The lowest BCUT2D eigenvalue weighted by molar-refractivity contribution is -0.134. The van der Waals surface area contributed by atoms with E-state index >= 15 is 0 Å². The summed E-state index contributed by atoms with van der Waals surface area (Å²) in [6, 6.07) is -0.138. The Kier molecular flexibility index (Phi) is 2.74. The Bertz CT molecular complexity index is 394. The molecule has 5 nitrogen and oxygen atoms in total. The Labute approximate surface area is 96.2 Å². The molecule has 0 saturated carbocycles. The first-order valence-electron chi connectivity index (χ1n) is 5.68. The molecule has 2 aliphatic heterocycles. The second-order valence-corrected chi connectivity index (χ2v) is 7.32. The third kappa shape index (κ3) is 1.47. The van der Waals surface area contributed by atoms with Crippen LogP contribution in [0, 0.1) is 0 Å². The van der Waals surface area contributed by atoms with Crippen molar-refractivity contribution in [3.8, 4) is 0 Å². The molecule has 2 fully saturated rings. The van der Waals surface area contributed by atoms with Crippen molar-refractivity contribution in [1.82, 2.24) is 9.62 Å². The highest BCUT2D eigenvalue weighted by Gasteiger charge is 2.61. The minimum atomic E-state index is -3.41. The first-order valence-corrected chi connectivity index (χ1v) is 7.12. The zero-order chi connectivity index (χ0) is 12.0. The Balaban J connectivity index is 2.20. The van der Waals surface area contributed by atoms with E-state index in [-0.39, 0.29) is 11.9 Å². The molecule has 0 aliphatic carbocycles. The van der Waals surface area contributed by atoms with Crippen molar-refractivity contribution >= 4 is 15.9 Å². The fraction of sp³-hybridized carbons (Fsp3) is 0.900. The highest BCUT2D eigenvalue weighted by molar-refractivity contribution is 7.94. The lowest BCUT2D eigenvalue weighted by Gasteiger charge is -2.47. The zero-order valence-corrected chi connectivity index (χ0v) is 10.5. The van der Waals surface area contributed by atoms with Crippen LogP contribution in [0.25, 0.3) is 0 Å². The minimum absolute atomic E-state index is 0.138. The van der Waals surface area contributed by atoms with Gasteiger partial charge in [0.15, 0.2) is 4.75 Å². The van der Waals surface area contributed by atoms with Crippen molar-refractivity contribution in [2.24, 2.45) is 0 Å². The van der Waals surface area contributed by atoms with Crippen LogP contribution >= 0.6 is 0 Å². The molecule has 1 N–H and O–H groups in total. The van der Waals surface area contributed by atoms with Gasteiger partial charge in [-0.25, -0.2) is 12.7 Å². The number of carbonyl (C=O) groups excluding carboxylic acids is 1. The highest BCUT2D eigenvalue weighted by atomic mass is 32.2. The van der Waals surface area contributed by atoms with Crippen molar-refractivity contribution in [3.63, 3.8) is 0 Å². The Morgan fingerprint density at radius 3 is 2.62 bits per heavy atom. The van der Waals surface area contributed by atoms with Gasteiger partial charge in [-0.3, -0.25) is 4.79 Å². The van der Waals surface area contributed by atoms with Crippen LogP contribution in [-0.4, -0.2) is 42.5 Å². The average Bonchev–Trinajstić information content (AvgIpc) is 2.46. The smallest absolute Gasteiger partial charge is 0.259 e. The third-order valence-corrected chi connectivity index (χ3v) is 5.94. The van der Waals surface area contributed by atoms with E-state index in [2.05, 4.69) is 5.32 Å². The van der Waals surface area contributed by atoms with E-state index in [4.69, 9.17) is 0 Å². The number of sulfonamides is 1. The third-order valence-electron chi connectivity index (χ3n) is 3.50. The normalized spacial score (nSPS) is 33.0. The van der Waals surface area contributed by atoms with Gasteiger partial charge >= 0.3 is 0 Å². The summed E-state index contributed by atoms with van der Waals surface area (Å²) in [5.74, 6) is -0.251. The Hall–Kier alpha value is -0.620. The first-order chi connectivity index (χ1) is 7.39. The quantitative estimate of drug-likeness (QED) is 0.711. The number of nitrogens with zero attached hydrogens (tertiary/aromatic N) is 1. The topological polar surface area (TPSA) is 66.5 Å². The van der Waals surface area contributed by atoms with Gasteiger partial charge in [0.1, 0.15) is 0 Å². The number of rotatable bonds is 1. The number of carbonyl (C=O) groups is 1. The maximum Gasteiger partial charge on any atom is 0.259 e. The molecular weight excluding hydrogens is 228 g/mol. The Morgan fingerprint density at radius 2 is 2.00 bits per heavy atom. The molecule has 0 aromatic rings. The summed E-state index contributed by atoms with van der Waals surface area (Å²) in [5.41, 5.74) is 0. The predicted octanol–water partition coefficient (Wildman–Crippen LogP) is 0.0791. The molecule has 6 heteroatoms. The maximum absolute atomic E-state index is 12.0. The van der Waals surface area contributed by atoms with E-state index in [1.54, 1.807) is 0 Å². The molecule has 1 amide bonds. The van der Waals surface area contributed by atoms with Crippen molar-refractivity contribution in [1.29, 1.82) is 0 Å². The van der Waals surface area contributed by atoms with Crippen LogP contribution in [0.1, 0.15) is 33.1 Å². The minimum Gasteiger partial charge on any atom is -0.317 e. The molecule has 2 aliphatic rings. The molecular formula is C10H18N2O3S. The summed E-state index contributed by atoms with van der Waals surface area (Å²) in [6.45, 7) is 4.65. The lowest BCUT2D eigenvalue weighted by atomic mass is 10.1. The van der Waals surface area contributed by atoms with Crippen molar-refractivity contribution in [2.45, 2.75) is 43.9 Å². The molecule has 1 atom stereocenters. The maximum atomic E-state index is 12.0. The largest absolute Gasteiger partial charge is 0.317 e. The first kappa shape index (κ1) is 11.9. The molecule has 1 unspecified atom stereocenters. The molecule has 0 radical (unpaired) electrons. The van der Waals surface area contributed by atoms with Crippen LogP contribution < -0.4 is 5.32 Å². The molecule has 0 aromatic carbocycles. The fourth-order valence-corrected chi connectivity index (χ4v) is 4.02. The SMILES string of the molecule is CC1(C)C(=O)N(C2CCCNCC2)S1(=O)=O. The summed E-state index contributed by atoms with van der Waals surface area (Å²) in [5, 5.41) is 3.21. The number of nitrogens with one attached hydrogen (secondary N) is 1. The number of hydrogen-bond acceptors (Lipinski definition) is 4. The molecule has 2 rings (SSSR count). The van der Waals surface area contributed by atoms with Gasteiger partial charge in [-0.1, -0.05) is 0 Å². The molecule has 2 saturated heterocycles. The highest BCUT2D eigenvalue weighted by Crippen LogP contribution is 2.38. The van der Waals surface area contributed by atoms with Crippen LogP contribution in [0.3, 0.4) is 0 Å². The summed E-state index contributed by atoms with van der Waals surface area (Å²) < 4.78 is 23.9. The predicted molar refractivity (Wildman–Crippen MR) is 60.4 cm³/mol. The molecule has 16 heavy (non-hydrogen) atoms. The average molecular weight is 246 g/mol. The van der Waals surface area contributed by atoms with E-state index < -0.39 is 14.8 Å². The number of hydrogen-bond donors (Lipinski definition) is 1. The van der Waals surface area contributed by atoms with Crippen LogP contribution in [-0.2, 0) is 14.8 Å². The van der Waals surface area contributed by atoms with Crippen LogP contribution in [0.4, 0.5) is 0 Å². The molecule has 0 bridgehead atoms. The van der Waals surface area contributed by atoms with Gasteiger partial charge in [0.25, 0.3) is 15.9 Å². The van der Waals surface area contributed by atoms with E-state index in [1.165, 1.54) is 13.8 Å². The van der Waals surface area contributed by atoms with Crippen LogP contribution in [0.15, 0.2) is 0 Å². The van der Waals surface area contributed by atoms with Gasteiger partial charge < -0.3 is 5.32 Å². The Morgan fingerprint density at radius 1 is 1.31 bits per heavy atom. The number of amides is 1. The summed E-state index contributed by atoms with van der Waals surface area (Å²) >= 11 is 0. The zero-order valence-electron chi connectivity index (χ0n) is 9.69. The summed E-state index contributed by atoms with van der Waals surface area (Å²) in [7, 11) is -3.41. The summed E-state index contributed by atoms with van der Waals surface area (Å²) in [4.78, 5) is 11.8. The fourth-order valence-electron chi connectivity index (χ4n) is 2.29. The van der Waals surface area contributed by atoms with Gasteiger partial charge in [0, 0.05) is 6.04 Å². The van der Waals surface area contributed by atoms with Crippen LogP contribution in [0.5, 0.6) is 0 Å². The monoisotopic (exact) mass is 246 g/mol. The van der Waals surface area contributed by atoms with Gasteiger partial charge in [-0.05, 0) is 46.2 Å². The van der Waals surface area contributed by atoms with Crippen LogP contribution in [0.2, 0.25) is 0 Å². The molecule has 0 aromatic heterocycles. The second-order valence-electron chi connectivity index (χ2n) is 4.95. The molecule has 2 heterocycles. The second kappa shape index (κ2) is 3.70. The van der Waals surface area contributed by atoms with E-state index in [1.807, 2.05) is 0 Å². The van der Waals surface area contributed by atoms with Gasteiger partial charge in [0.05, 0.1) is 0 Å². The van der Waals surface area contributed by atoms with E-state index in [0.717, 1.165) is 36.7 Å².